The third-order valence-electron chi connectivity index (χ3n) is 2.77. The first-order chi connectivity index (χ1) is 9.60. The standard InChI is InChI=1S/C12H19N5O3/c1-4-19-12(18)10-11(14-7-13-10)15-16-17-5-8(2)20-9(3)6-17/h7-9H,4-6H2,1-3H3,(H,13,14)/b16-15+/t8-,9-/m1/s1. The molecule has 1 aliphatic heterocycles. The van der Waals surface area contributed by atoms with E-state index in [4.69, 9.17) is 9.47 Å². The van der Waals surface area contributed by atoms with Gasteiger partial charge in [0.1, 0.15) is 0 Å². The van der Waals surface area contributed by atoms with E-state index < -0.39 is 5.97 Å². The van der Waals surface area contributed by atoms with Gasteiger partial charge in [0.05, 0.1) is 38.2 Å². The Labute approximate surface area is 117 Å². The molecule has 0 bridgehead atoms. The van der Waals surface area contributed by atoms with E-state index in [-0.39, 0.29) is 23.7 Å². The SMILES string of the molecule is CCOC(=O)c1[nH]cnc1/N=N/N1C[C@@H](C)O[C@H](C)C1. The van der Waals surface area contributed by atoms with Gasteiger partial charge in [0.25, 0.3) is 0 Å². The summed E-state index contributed by atoms with van der Waals surface area (Å²) in [6.07, 6.45) is 1.59. The number of imidazole rings is 1. The smallest absolute Gasteiger partial charge is 0.358 e. The number of ether oxygens (including phenoxy) is 2. The Balaban J connectivity index is 2.04. The minimum absolute atomic E-state index is 0.0985. The first kappa shape index (κ1) is 14.4. The molecule has 20 heavy (non-hydrogen) atoms. The molecule has 0 aromatic carbocycles. The number of hydrogen-bond donors (Lipinski definition) is 1. The number of aromatic amines is 1. The summed E-state index contributed by atoms with van der Waals surface area (Å²) in [5, 5.41) is 9.94. The molecule has 8 nitrogen and oxygen atoms in total. The van der Waals surface area contributed by atoms with Crippen LogP contribution in [-0.2, 0) is 9.47 Å². The number of carbonyl (C=O) groups is 1. The van der Waals surface area contributed by atoms with E-state index in [1.807, 2.05) is 18.9 Å². The molecule has 1 aromatic heterocycles. The second-order valence-electron chi connectivity index (χ2n) is 4.64. The van der Waals surface area contributed by atoms with Crippen molar-refractivity contribution in [2.24, 2.45) is 10.3 Å². The van der Waals surface area contributed by atoms with Gasteiger partial charge in [-0.05, 0) is 20.8 Å². The van der Waals surface area contributed by atoms with Gasteiger partial charge in [-0.15, -0.1) is 5.11 Å². The van der Waals surface area contributed by atoms with Gasteiger partial charge in [-0.1, -0.05) is 5.22 Å². The second kappa shape index (κ2) is 6.47. The fourth-order valence-corrected chi connectivity index (χ4v) is 2.05. The third kappa shape index (κ3) is 3.53. The van der Waals surface area contributed by atoms with Gasteiger partial charge in [0.2, 0.25) is 5.82 Å². The van der Waals surface area contributed by atoms with Crippen LogP contribution in [0.15, 0.2) is 16.7 Å². The van der Waals surface area contributed by atoms with Crippen LogP contribution in [0.5, 0.6) is 0 Å². The van der Waals surface area contributed by atoms with Gasteiger partial charge >= 0.3 is 5.97 Å². The molecule has 0 spiro atoms. The van der Waals surface area contributed by atoms with Crippen molar-refractivity contribution in [3.63, 3.8) is 0 Å². The number of hydrogen-bond acceptors (Lipinski definition) is 6. The van der Waals surface area contributed by atoms with Crippen LogP contribution in [0.3, 0.4) is 0 Å². The zero-order valence-electron chi connectivity index (χ0n) is 11.9. The van der Waals surface area contributed by atoms with Gasteiger partial charge in [-0.25, -0.2) is 9.78 Å². The summed E-state index contributed by atoms with van der Waals surface area (Å²) in [6.45, 7) is 7.33. The number of morpholine rings is 1. The van der Waals surface area contributed by atoms with Crippen molar-refractivity contribution in [2.75, 3.05) is 19.7 Å². The summed E-state index contributed by atoms with van der Waals surface area (Å²) < 4.78 is 10.5. The van der Waals surface area contributed by atoms with Crippen LogP contribution in [0.1, 0.15) is 31.3 Å². The van der Waals surface area contributed by atoms with Crippen LogP contribution in [-0.4, -0.2) is 52.9 Å². The summed E-state index contributed by atoms with van der Waals surface area (Å²) >= 11 is 0. The van der Waals surface area contributed by atoms with E-state index in [9.17, 15) is 4.79 Å². The van der Waals surface area contributed by atoms with Crippen LogP contribution in [0, 0.1) is 0 Å². The highest BCUT2D eigenvalue weighted by molar-refractivity contribution is 5.91. The molecule has 0 radical (unpaired) electrons. The third-order valence-corrected chi connectivity index (χ3v) is 2.77. The quantitative estimate of drug-likeness (QED) is 0.669. The predicted octanol–water partition coefficient (Wildman–Crippen LogP) is 1.69. The Morgan fingerprint density at radius 3 is 2.90 bits per heavy atom. The number of nitrogens with one attached hydrogen (secondary N) is 1. The van der Waals surface area contributed by atoms with Crippen LogP contribution < -0.4 is 0 Å². The highest BCUT2D eigenvalue weighted by atomic mass is 16.5. The lowest BCUT2D eigenvalue weighted by molar-refractivity contribution is -0.0697. The maximum Gasteiger partial charge on any atom is 0.358 e. The van der Waals surface area contributed by atoms with Crippen LogP contribution in [0.2, 0.25) is 0 Å². The lowest BCUT2D eigenvalue weighted by Gasteiger charge is -2.32. The van der Waals surface area contributed by atoms with Crippen molar-refractivity contribution < 1.29 is 14.3 Å². The van der Waals surface area contributed by atoms with Gasteiger partial charge in [0, 0.05) is 0 Å². The summed E-state index contributed by atoms with van der Waals surface area (Å²) in [5.41, 5.74) is 0.213. The number of esters is 1. The number of rotatable bonds is 4. The average Bonchev–Trinajstić information content (AvgIpc) is 2.84. The minimum atomic E-state index is -0.484. The molecule has 0 saturated carbocycles. The van der Waals surface area contributed by atoms with Gasteiger partial charge in [-0.2, -0.15) is 0 Å². The highest BCUT2D eigenvalue weighted by Crippen LogP contribution is 2.17. The van der Waals surface area contributed by atoms with Gasteiger partial charge in [0.15, 0.2) is 5.69 Å². The molecule has 1 fully saturated rings. The van der Waals surface area contributed by atoms with E-state index in [2.05, 4.69) is 20.3 Å². The molecule has 110 valence electrons. The van der Waals surface area contributed by atoms with Gasteiger partial charge in [-0.3, -0.25) is 5.01 Å². The highest BCUT2D eigenvalue weighted by Gasteiger charge is 2.22. The number of H-pyrrole nitrogens is 1. The molecule has 1 N–H and O–H groups in total. The fourth-order valence-electron chi connectivity index (χ4n) is 2.05. The molecule has 1 aliphatic rings. The largest absolute Gasteiger partial charge is 0.461 e. The zero-order valence-corrected chi connectivity index (χ0v) is 11.9. The van der Waals surface area contributed by atoms with Crippen LogP contribution in [0.4, 0.5) is 5.82 Å². The molecule has 8 heteroatoms. The average molecular weight is 281 g/mol. The van der Waals surface area contributed by atoms with Crippen molar-refractivity contribution in [2.45, 2.75) is 33.0 Å². The molecule has 0 amide bonds. The Hall–Kier alpha value is -1.96. The first-order valence-electron chi connectivity index (χ1n) is 6.62. The van der Waals surface area contributed by atoms with E-state index in [0.29, 0.717) is 19.7 Å². The maximum atomic E-state index is 11.7. The summed E-state index contributed by atoms with van der Waals surface area (Å²) in [7, 11) is 0. The topological polar surface area (TPSA) is 92.2 Å². The first-order valence-corrected chi connectivity index (χ1v) is 6.62. The Morgan fingerprint density at radius 2 is 2.25 bits per heavy atom. The maximum absolute atomic E-state index is 11.7. The van der Waals surface area contributed by atoms with Crippen molar-refractivity contribution in [3.8, 4) is 0 Å². The van der Waals surface area contributed by atoms with Crippen molar-refractivity contribution in [3.05, 3.63) is 12.0 Å². The Morgan fingerprint density at radius 1 is 1.55 bits per heavy atom. The lowest BCUT2D eigenvalue weighted by Crippen LogP contribution is -2.42. The zero-order chi connectivity index (χ0) is 14.5. The predicted molar refractivity (Wildman–Crippen MR) is 70.6 cm³/mol. The van der Waals surface area contributed by atoms with E-state index in [1.54, 1.807) is 6.92 Å². The Bertz CT molecular complexity index is 477. The van der Waals surface area contributed by atoms with E-state index in [1.165, 1.54) is 6.33 Å². The van der Waals surface area contributed by atoms with Crippen LogP contribution >= 0.6 is 0 Å². The molecule has 2 rings (SSSR count). The fraction of sp³-hybridized carbons (Fsp3) is 0.667. The molecule has 1 saturated heterocycles. The number of nitrogens with zero attached hydrogens (tertiary/aromatic N) is 4. The second-order valence-corrected chi connectivity index (χ2v) is 4.64. The lowest BCUT2D eigenvalue weighted by atomic mass is 10.3. The number of carbonyl (C=O) groups excluding carboxylic acids is 1. The molecular formula is C12H19N5O3. The van der Waals surface area contributed by atoms with E-state index in [0.717, 1.165) is 0 Å². The molecule has 2 heterocycles. The number of aromatic nitrogens is 2. The summed E-state index contributed by atoms with van der Waals surface area (Å²) in [4.78, 5) is 18.3. The normalized spacial score (nSPS) is 23.2. The van der Waals surface area contributed by atoms with Crippen molar-refractivity contribution >= 4 is 11.8 Å². The molecular weight excluding hydrogens is 262 g/mol. The molecule has 2 atom stereocenters. The van der Waals surface area contributed by atoms with Crippen LogP contribution in [0.25, 0.3) is 0 Å². The Kier molecular flexibility index (Phi) is 4.67. The summed E-state index contributed by atoms with van der Waals surface area (Å²) in [6, 6.07) is 0. The molecule has 0 unspecified atom stereocenters. The van der Waals surface area contributed by atoms with E-state index >= 15 is 0 Å². The van der Waals surface area contributed by atoms with Gasteiger partial charge < -0.3 is 14.5 Å². The minimum Gasteiger partial charge on any atom is -0.461 e. The van der Waals surface area contributed by atoms with Crippen molar-refractivity contribution in [1.82, 2.24) is 15.0 Å². The summed E-state index contributed by atoms with van der Waals surface area (Å²) in [5.74, 6) is -0.252. The molecule has 1 aromatic rings. The molecule has 0 aliphatic carbocycles. The van der Waals surface area contributed by atoms with Crippen molar-refractivity contribution in [1.29, 1.82) is 0 Å². The monoisotopic (exact) mass is 281 g/mol.